The van der Waals surface area contributed by atoms with Crippen molar-refractivity contribution < 1.29 is 4.79 Å². The van der Waals surface area contributed by atoms with Gasteiger partial charge in [-0.2, -0.15) is 0 Å². The van der Waals surface area contributed by atoms with Crippen LogP contribution < -0.4 is 5.32 Å². The second-order valence-electron chi connectivity index (χ2n) is 6.26. The number of anilines is 1. The third-order valence-corrected chi connectivity index (χ3v) is 6.21. The van der Waals surface area contributed by atoms with Gasteiger partial charge in [0.05, 0.1) is 10.9 Å². The SMILES string of the molecule is CCn1c(Cc2ccccc2)nnc1SC(C)C(=O)Nc1ccccc1SC. The van der Waals surface area contributed by atoms with Crippen LogP contribution in [0.5, 0.6) is 0 Å². The lowest BCUT2D eigenvalue weighted by Gasteiger charge is -2.14. The van der Waals surface area contributed by atoms with Gasteiger partial charge in [-0.3, -0.25) is 4.79 Å². The Balaban J connectivity index is 1.69. The van der Waals surface area contributed by atoms with Crippen LogP contribution in [0.1, 0.15) is 25.2 Å². The number of hydrogen-bond acceptors (Lipinski definition) is 5. The minimum Gasteiger partial charge on any atom is -0.324 e. The van der Waals surface area contributed by atoms with Crippen molar-refractivity contribution in [3.05, 3.63) is 66.0 Å². The molecule has 1 heterocycles. The number of amides is 1. The van der Waals surface area contributed by atoms with Gasteiger partial charge >= 0.3 is 0 Å². The lowest BCUT2D eigenvalue weighted by molar-refractivity contribution is -0.115. The monoisotopic (exact) mass is 412 g/mol. The summed E-state index contributed by atoms with van der Waals surface area (Å²) >= 11 is 3.05. The van der Waals surface area contributed by atoms with E-state index in [1.807, 2.05) is 55.6 Å². The lowest BCUT2D eigenvalue weighted by Crippen LogP contribution is -2.23. The first-order chi connectivity index (χ1) is 13.6. The number of carbonyl (C=O) groups is 1. The number of benzene rings is 2. The maximum atomic E-state index is 12.7. The van der Waals surface area contributed by atoms with E-state index in [1.165, 1.54) is 17.3 Å². The largest absolute Gasteiger partial charge is 0.324 e. The summed E-state index contributed by atoms with van der Waals surface area (Å²) < 4.78 is 2.08. The summed E-state index contributed by atoms with van der Waals surface area (Å²) in [7, 11) is 0. The van der Waals surface area contributed by atoms with Crippen molar-refractivity contribution in [1.29, 1.82) is 0 Å². The van der Waals surface area contributed by atoms with Gasteiger partial charge in [0.1, 0.15) is 5.82 Å². The van der Waals surface area contributed by atoms with Gasteiger partial charge in [0, 0.05) is 17.9 Å². The summed E-state index contributed by atoms with van der Waals surface area (Å²) in [4.78, 5) is 13.7. The van der Waals surface area contributed by atoms with E-state index < -0.39 is 0 Å². The highest BCUT2D eigenvalue weighted by atomic mass is 32.2. The van der Waals surface area contributed by atoms with E-state index in [9.17, 15) is 4.79 Å². The van der Waals surface area contributed by atoms with Gasteiger partial charge in [0.15, 0.2) is 5.16 Å². The molecule has 0 spiro atoms. The minimum absolute atomic E-state index is 0.0400. The molecule has 3 rings (SSSR count). The molecule has 0 fully saturated rings. The number of aromatic nitrogens is 3. The van der Waals surface area contributed by atoms with Crippen LogP contribution >= 0.6 is 23.5 Å². The predicted molar refractivity (Wildman–Crippen MR) is 117 cm³/mol. The Morgan fingerprint density at radius 1 is 1.11 bits per heavy atom. The standard InChI is InChI=1S/C21H24N4OS2/c1-4-25-19(14-16-10-6-5-7-11-16)23-24-21(25)28-15(2)20(26)22-17-12-8-9-13-18(17)27-3/h5-13,15H,4,14H2,1-3H3,(H,22,26). The van der Waals surface area contributed by atoms with Gasteiger partial charge in [-0.05, 0) is 37.8 Å². The second kappa shape index (κ2) is 9.80. The summed E-state index contributed by atoms with van der Waals surface area (Å²) in [5.41, 5.74) is 2.04. The topological polar surface area (TPSA) is 59.8 Å². The maximum absolute atomic E-state index is 12.7. The maximum Gasteiger partial charge on any atom is 0.237 e. The average molecular weight is 413 g/mol. The number of rotatable bonds is 8. The zero-order valence-electron chi connectivity index (χ0n) is 16.3. The molecular formula is C21H24N4OS2. The van der Waals surface area contributed by atoms with E-state index in [0.717, 1.165) is 34.5 Å². The van der Waals surface area contributed by atoms with E-state index >= 15 is 0 Å². The van der Waals surface area contributed by atoms with Crippen molar-refractivity contribution in [2.24, 2.45) is 0 Å². The van der Waals surface area contributed by atoms with Crippen molar-refractivity contribution in [3.63, 3.8) is 0 Å². The Morgan fingerprint density at radius 2 is 1.82 bits per heavy atom. The number of para-hydroxylation sites is 1. The molecule has 146 valence electrons. The van der Waals surface area contributed by atoms with Crippen LogP contribution in [0.25, 0.3) is 0 Å². The van der Waals surface area contributed by atoms with Crippen LogP contribution in [0.3, 0.4) is 0 Å². The quantitative estimate of drug-likeness (QED) is 0.542. The Hall–Kier alpha value is -2.25. The summed E-state index contributed by atoms with van der Waals surface area (Å²) in [5, 5.41) is 12.2. The Morgan fingerprint density at radius 3 is 2.54 bits per heavy atom. The van der Waals surface area contributed by atoms with Crippen LogP contribution in [0.2, 0.25) is 0 Å². The molecule has 2 aromatic carbocycles. The first-order valence-electron chi connectivity index (χ1n) is 9.19. The normalized spacial score (nSPS) is 12.0. The van der Waals surface area contributed by atoms with Crippen LogP contribution in [-0.2, 0) is 17.8 Å². The van der Waals surface area contributed by atoms with Crippen molar-refractivity contribution in [1.82, 2.24) is 14.8 Å². The first-order valence-corrected chi connectivity index (χ1v) is 11.3. The number of nitrogens with zero attached hydrogens (tertiary/aromatic N) is 3. The smallest absolute Gasteiger partial charge is 0.237 e. The zero-order valence-corrected chi connectivity index (χ0v) is 17.9. The third-order valence-electron chi connectivity index (χ3n) is 4.33. The molecule has 0 saturated heterocycles. The van der Waals surface area contributed by atoms with E-state index in [4.69, 9.17) is 0 Å². The van der Waals surface area contributed by atoms with Crippen LogP contribution in [0, 0.1) is 0 Å². The molecule has 1 unspecified atom stereocenters. The number of thioether (sulfide) groups is 2. The molecule has 3 aromatic rings. The molecule has 1 N–H and O–H groups in total. The van der Waals surface area contributed by atoms with Gasteiger partial charge in [-0.25, -0.2) is 0 Å². The van der Waals surface area contributed by atoms with Crippen molar-refractivity contribution in [2.75, 3.05) is 11.6 Å². The fourth-order valence-corrected chi connectivity index (χ4v) is 4.31. The average Bonchev–Trinajstić information content (AvgIpc) is 3.10. The lowest BCUT2D eigenvalue weighted by atomic mass is 10.1. The first kappa shape index (κ1) is 20.5. The highest BCUT2D eigenvalue weighted by Crippen LogP contribution is 2.27. The van der Waals surface area contributed by atoms with Gasteiger partial charge < -0.3 is 9.88 Å². The fourth-order valence-electron chi connectivity index (χ4n) is 2.83. The zero-order chi connectivity index (χ0) is 19.9. The number of carbonyl (C=O) groups excluding carboxylic acids is 1. The van der Waals surface area contributed by atoms with Crippen molar-refractivity contribution >= 4 is 35.1 Å². The van der Waals surface area contributed by atoms with E-state index in [2.05, 4.69) is 39.1 Å². The third kappa shape index (κ3) is 4.97. The molecule has 0 aliphatic carbocycles. The molecular weight excluding hydrogens is 388 g/mol. The van der Waals surface area contributed by atoms with Gasteiger partial charge in [0.25, 0.3) is 0 Å². The van der Waals surface area contributed by atoms with Gasteiger partial charge in [0.2, 0.25) is 5.91 Å². The summed E-state index contributed by atoms with van der Waals surface area (Å²) in [5.74, 6) is 0.873. The van der Waals surface area contributed by atoms with Crippen molar-refractivity contribution in [3.8, 4) is 0 Å². The van der Waals surface area contributed by atoms with Gasteiger partial charge in [-0.15, -0.1) is 22.0 Å². The molecule has 0 aliphatic heterocycles. The molecule has 28 heavy (non-hydrogen) atoms. The highest BCUT2D eigenvalue weighted by molar-refractivity contribution is 8.00. The van der Waals surface area contributed by atoms with Crippen LogP contribution in [0.15, 0.2) is 64.6 Å². The number of hydrogen-bond donors (Lipinski definition) is 1. The van der Waals surface area contributed by atoms with Crippen molar-refractivity contribution in [2.45, 2.75) is 42.1 Å². The van der Waals surface area contributed by atoms with Gasteiger partial charge in [-0.1, -0.05) is 54.2 Å². The fraction of sp³-hybridized carbons (Fsp3) is 0.286. The predicted octanol–water partition coefficient (Wildman–Crippen LogP) is 4.73. The minimum atomic E-state index is -0.283. The molecule has 0 aliphatic rings. The van der Waals surface area contributed by atoms with E-state index in [1.54, 1.807) is 11.8 Å². The molecule has 1 aromatic heterocycles. The molecule has 0 radical (unpaired) electrons. The summed E-state index contributed by atoms with van der Waals surface area (Å²) in [6, 6.07) is 18.0. The molecule has 0 saturated carbocycles. The Bertz CT molecular complexity index is 927. The summed E-state index contributed by atoms with van der Waals surface area (Å²) in [6.07, 6.45) is 2.73. The highest BCUT2D eigenvalue weighted by Gasteiger charge is 2.20. The van der Waals surface area contributed by atoms with E-state index in [0.29, 0.717) is 0 Å². The molecule has 7 heteroatoms. The second-order valence-corrected chi connectivity index (χ2v) is 8.41. The molecule has 1 amide bonds. The summed E-state index contributed by atoms with van der Waals surface area (Å²) in [6.45, 7) is 4.73. The van der Waals surface area contributed by atoms with Crippen LogP contribution in [0.4, 0.5) is 5.69 Å². The Labute approximate surface area is 174 Å². The Kier molecular flexibility index (Phi) is 7.17. The van der Waals surface area contributed by atoms with Crippen LogP contribution in [-0.4, -0.2) is 32.2 Å². The number of nitrogens with one attached hydrogen (secondary N) is 1. The van der Waals surface area contributed by atoms with E-state index in [-0.39, 0.29) is 11.2 Å². The molecule has 5 nitrogen and oxygen atoms in total. The molecule has 0 bridgehead atoms. The molecule has 1 atom stereocenters.